The van der Waals surface area contributed by atoms with E-state index in [0.717, 1.165) is 0 Å². The van der Waals surface area contributed by atoms with Crippen molar-refractivity contribution in [3.8, 4) is 5.75 Å². The smallest absolute Gasteiger partial charge is 0.326 e. The van der Waals surface area contributed by atoms with Gasteiger partial charge in [0, 0.05) is 31.3 Å². The molecule has 12 N–H and O–H groups in total. The van der Waals surface area contributed by atoms with Crippen molar-refractivity contribution < 1.29 is 29.4 Å². The summed E-state index contributed by atoms with van der Waals surface area (Å²) in [4.78, 5) is 62.0. The number of phenols is 1. The van der Waals surface area contributed by atoms with Gasteiger partial charge in [0.05, 0.1) is 12.4 Å². The van der Waals surface area contributed by atoms with Gasteiger partial charge in [0.15, 0.2) is 5.96 Å². The molecular formula is C26H39N9O6S. The summed E-state index contributed by atoms with van der Waals surface area (Å²) in [5.41, 5.74) is 17.9. The highest BCUT2D eigenvalue weighted by Crippen LogP contribution is 2.12. The maximum atomic E-state index is 13.5. The number of hydrogen-bond donors (Lipinski definition) is 9. The molecule has 4 unspecified atom stereocenters. The summed E-state index contributed by atoms with van der Waals surface area (Å²) in [5, 5.41) is 27.1. The Labute approximate surface area is 247 Å². The first-order valence-corrected chi connectivity index (χ1v) is 14.6. The summed E-state index contributed by atoms with van der Waals surface area (Å²) >= 11 is 1.53. The van der Waals surface area contributed by atoms with Gasteiger partial charge in [-0.1, -0.05) is 12.1 Å². The highest BCUT2D eigenvalue weighted by atomic mass is 32.2. The molecule has 0 saturated heterocycles. The molecule has 1 aromatic heterocycles. The minimum atomic E-state index is -1.31. The Balaban J connectivity index is 2.25. The maximum absolute atomic E-state index is 13.5. The maximum Gasteiger partial charge on any atom is 0.326 e. The molecule has 230 valence electrons. The van der Waals surface area contributed by atoms with E-state index in [1.165, 1.54) is 36.4 Å². The van der Waals surface area contributed by atoms with Crippen molar-refractivity contribution in [1.29, 1.82) is 0 Å². The number of thioether (sulfide) groups is 1. The molecular weight excluding hydrogens is 566 g/mol. The van der Waals surface area contributed by atoms with Crippen LogP contribution in [0.15, 0.2) is 41.8 Å². The number of H-pyrrole nitrogens is 1. The van der Waals surface area contributed by atoms with Crippen LogP contribution >= 0.6 is 11.8 Å². The van der Waals surface area contributed by atoms with Crippen molar-refractivity contribution in [2.75, 3.05) is 18.6 Å². The molecule has 2 rings (SSSR count). The van der Waals surface area contributed by atoms with E-state index in [-0.39, 0.29) is 43.9 Å². The fourth-order valence-electron chi connectivity index (χ4n) is 3.86. The van der Waals surface area contributed by atoms with Crippen LogP contribution in [0.2, 0.25) is 0 Å². The summed E-state index contributed by atoms with van der Waals surface area (Å²) in [6, 6.07) is 1.62. The van der Waals surface area contributed by atoms with Crippen LogP contribution in [0.5, 0.6) is 5.75 Å². The van der Waals surface area contributed by atoms with E-state index in [9.17, 15) is 29.4 Å². The third-order valence-corrected chi connectivity index (χ3v) is 6.79. The van der Waals surface area contributed by atoms with Gasteiger partial charge in [0.1, 0.15) is 23.9 Å². The molecule has 0 saturated carbocycles. The molecule has 3 amide bonds. The first-order chi connectivity index (χ1) is 20.0. The Morgan fingerprint density at radius 1 is 0.976 bits per heavy atom. The molecule has 0 spiro atoms. The molecule has 1 aromatic carbocycles. The summed E-state index contributed by atoms with van der Waals surface area (Å²) in [7, 11) is 0. The number of hydrogen-bond acceptors (Lipinski definition) is 9. The Kier molecular flexibility index (Phi) is 14.1. The molecule has 15 nitrogen and oxygen atoms in total. The van der Waals surface area contributed by atoms with Gasteiger partial charge in [-0.15, -0.1) is 0 Å². The number of imidazole rings is 1. The normalized spacial score (nSPS) is 13.7. The molecule has 0 aliphatic heterocycles. The Hall–Kier alpha value is -4.31. The number of nitrogens with one attached hydrogen (secondary N) is 4. The van der Waals surface area contributed by atoms with Crippen LogP contribution in [0, 0.1) is 0 Å². The van der Waals surface area contributed by atoms with Crippen LogP contribution < -0.4 is 33.2 Å². The lowest BCUT2D eigenvalue weighted by molar-refractivity contribution is -0.142. The lowest BCUT2D eigenvalue weighted by Crippen LogP contribution is -2.57. The topological polar surface area (TPSA) is 264 Å². The van der Waals surface area contributed by atoms with Crippen LogP contribution in [-0.4, -0.2) is 92.6 Å². The van der Waals surface area contributed by atoms with Crippen molar-refractivity contribution >= 4 is 41.4 Å². The standard InChI is InChI=1S/C26H39N9O6S/c1-42-10-8-18(27)22(37)34-20(11-15-4-6-17(36)7-5-15)24(39)33-19(3-2-9-31-26(28)29)23(38)35-21(25(40)41)12-16-13-30-14-32-16/h4-7,13-14,18-21,36H,2-3,8-12,27H2,1H3,(H,30,32)(H,33,39)(H,34,37)(H,35,38)(H,40,41)(H4,28,29,31). The number of aliphatic imine (C=N–C) groups is 1. The molecule has 0 bridgehead atoms. The highest BCUT2D eigenvalue weighted by molar-refractivity contribution is 7.98. The van der Waals surface area contributed by atoms with E-state index in [4.69, 9.17) is 17.2 Å². The highest BCUT2D eigenvalue weighted by Gasteiger charge is 2.30. The number of benzene rings is 1. The van der Waals surface area contributed by atoms with Gasteiger partial charge in [-0.2, -0.15) is 11.8 Å². The minimum Gasteiger partial charge on any atom is -0.508 e. The SMILES string of the molecule is CSCCC(N)C(=O)NC(Cc1ccc(O)cc1)C(=O)NC(CCCN=C(N)N)C(=O)NC(Cc1cnc[nH]1)C(=O)O. The molecule has 16 heteroatoms. The number of carboxylic acid groups (broad SMARTS) is 1. The molecule has 42 heavy (non-hydrogen) atoms. The van der Waals surface area contributed by atoms with Crippen molar-refractivity contribution in [3.63, 3.8) is 0 Å². The monoisotopic (exact) mass is 605 g/mol. The summed E-state index contributed by atoms with van der Waals surface area (Å²) in [6.45, 7) is 0.163. The zero-order chi connectivity index (χ0) is 31.1. The van der Waals surface area contributed by atoms with Crippen molar-refractivity contribution in [1.82, 2.24) is 25.9 Å². The molecule has 4 atom stereocenters. The van der Waals surface area contributed by atoms with Gasteiger partial charge in [-0.05, 0) is 49.0 Å². The number of aromatic nitrogens is 2. The second-order valence-electron chi connectivity index (χ2n) is 9.51. The van der Waals surface area contributed by atoms with Gasteiger partial charge < -0.3 is 48.3 Å². The predicted molar refractivity (Wildman–Crippen MR) is 158 cm³/mol. The first kappa shape index (κ1) is 33.9. The van der Waals surface area contributed by atoms with Crippen LogP contribution in [0.3, 0.4) is 0 Å². The average molecular weight is 606 g/mol. The number of aromatic amines is 1. The van der Waals surface area contributed by atoms with E-state index in [2.05, 4.69) is 30.9 Å². The van der Waals surface area contributed by atoms with Crippen LogP contribution in [0.1, 0.15) is 30.5 Å². The van der Waals surface area contributed by atoms with E-state index >= 15 is 0 Å². The van der Waals surface area contributed by atoms with Gasteiger partial charge >= 0.3 is 5.97 Å². The number of phenolic OH excluding ortho intramolecular Hbond substituents is 1. The molecule has 2 aromatic rings. The summed E-state index contributed by atoms with van der Waals surface area (Å²) in [5.74, 6) is -2.71. The van der Waals surface area contributed by atoms with Crippen molar-refractivity contribution in [3.05, 3.63) is 48.0 Å². The second-order valence-corrected chi connectivity index (χ2v) is 10.5. The van der Waals surface area contributed by atoms with Crippen molar-refractivity contribution in [2.24, 2.45) is 22.2 Å². The number of nitrogens with zero attached hydrogens (tertiary/aromatic N) is 2. The average Bonchev–Trinajstić information content (AvgIpc) is 3.46. The molecule has 0 aliphatic rings. The number of rotatable bonds is 18. The van der Waals surface area contributed by atoms with E-state index < -0.39 is 47.9 Å². The predicted octanol–water partition coefficient (Wildman–Crippen LogP) is -1.43. The zero-order valence-electron chi connectivity index (χ0n) is 23.3. The lowest BCUT2D eigenvalue weighted by atomic mass is 10.0. The fraction of sp³-hybridized carbons (Fsp3) is 0.462. The summed E-state index contributed by atoms with van der Waals surface area (Å²) in [6.07, 6.45) is 5.42. The first-order valence-electron chi connectivity index (χ1n) is 13.2. The Morgan fingerprint density at radius 3 is 2.21 bits per heavy atom. The minimum absolute atomic E-state index is 0.0310. The molecule has 0 aliphatic carbocycles. The van der Waals surface area contributed by atoms with E-state index in [0.29, 0.717) is 23.4 Å². The molecule has 1 heterocycles. The van der Waals surface area contributed by atoms with Crippen molar-refractivity contribution in [2.45, 2.75) is 56.3 Å². The number of amides is 3. The van der Waals surface area contributed by atoms with E-state index in [1.807, 2.05) is 6.26 Å². The largest absolute Gasteiger partial charge is 0.508 e. The quantitative estimate of drug-likeness (QED) is 0.0540. The third-order valence-electron chi connectivity index (χ3n) is 6.15. The number of nitrogens with two attached hydrogens (primary N) is 3. The fourth-order valence-corrected chi connectivity index (χ4v) is 4.35. The molecule has 0 fully saturated rings. The Bertz CT molecular complexity index is 1190. The third kappa shape index (κ3) is 12.1. The van der Waals surface area contributed by atoms with Crippen LogP contribution in [0.4, 0.5) is 0 Å². The van der Waals surface area contributed by atoms with Gasteiger partial charge in [-0.25, -0.2) is 9.78 Å². The zero-order valence-corrected chi connectivity index (χ0v) is 24.1. The van der Waals surface area contributed by atoms with Crippen LogP contribution in [0.25, 0.3) is 0 Å². The van der Waals surface area contributed by atoms with Gasteiger partial charge in [0.25, 0.3) is 0 Å². The lowest BCUT2D eigenvalue weighted by Gasteiger charge is -2.25. The van der Waals surface area contributed by atoms with E-state index in [1.54, 1.807) is 12.1 Å². The van der Waals surface area contributed by atoms with Gasteiger partial charge in [-0.3, -0.25) is 19.4 Å². The molecule has 0 radical (unpaired) electrons. The summed E-state index contributed by atoms with van der Waals surface area (Å²) < 4.78 is 0. The number of carbonyl (C=O) groups is 4. The number of aliphatic carboxylic acids is 1. The van der Waals surface area contributed by atoms with Gasteiger partial charge in [0.2, 0.25) is 17.7 Å². The number of aromatic hydroxyl groups is 1. The van der Waals surface area contributed by atoms with Crippen LogP contribution in [-0.2, 0) is 32.0 Å². The number of guanidine groups is 1. The Morgan fingerprint density at radius 2 is 1.62 bits per heavy atom. The number of carboxylic acids is 1. The number of carbonyl (C=O) groups excluding carboxylic acids is 3. The second kappa shape index (κ2) is 17.5.